The minimum absolute atomic E-state index is 0.0415. The van der Waals surface area contributed by atoms with Crippen LogP contribution in [-0.2, 0) is 9.63 Å². The molecule has 0 bridgehead atoms. The van der Waals surface area contributed by atoms with Crippen LogP contribution in [0.4, 0.5) is 10.1 Å². The minimum atomic E-state index is -0.768. The quantitative estimate of drug-likeness (QED) is 0.878. The number of nitrogens with one attached hydrogen (secondary N) is 1. The summed E-state index contributed by atoms with van der Waals surface area (Å²) in [4.78, 5) is 28.6. The molecule has 1 N–H and O–H groups in total. The van der Waals surface area contributed by atoms with Gasteiger partial charge < -0.3 is 10.2 Å². The Kier molecular flexibility index (Phi) is 4.37. The summed E-state index contributed by atoms with van der Waals surface area (Å²) in [7, 11) is 0. The van der Waals surface area contributed by atoms with Gasteiger partial charge in [0, 0.05) is 23.2 Å². The Morgan fingerprint density at radius 1 is 1.21 bits per heavy atom. The lowest BCUT2D eigenvalue weighted by molar-refractivity contribution is -0.125. The number of carbonyl (C=O) groups excluding carboxylic acids is 2. The second kappa shape index (κ2) is 6.62. The number of rotatable bonds is 4. The van der Waals surface area contributed by atoms with E-state index in [4.69, 9.17) is 4.84 Å². The average molecular weight is 326 g/mol. The molecule has 2 aromatic rings. The summed E-state index contributed by atoms with van der Waals surface area (Å²) in [5, 5.41) is 6.58. The predicted octanol–water partition coefficient (Wildman–Crippen LogP) is 3.16. The van der Waals surface area contributed by atoms with E-state index < -0.39 is 6.10 Å². The first-order valence-electron chi connectivity index (χ1n) is 7.43. The van der Waals surface area contributed by atoms with E-state index in [1.807, 2.05) is 0 Å². The SMILES string of the molecule is CC(=O)c1ccc(NC(=O)C2CC(c3cccc(F)c3)=NO2)cc1. The number of hydrogen-bond acceptors (Lipinski definition) is 4. The maximum Gasteiger partial charge on any atom is 0.268 e. The van der Waals surface area contributed by atoms with Crippen LogP contribution in [0.15, 0.2) is 53.7 Å². The van der Waals surface area contributed by atoms with E-state index in [0.29, 0.717) is 22.5 Å². The summed E-state index contributed by atoms with van der Waals surface area (Å²) >= 11 is 0. The Labute approximate surface area is 138 Å². The van der Waals surface area contributed by atoms with E-state index in [1.54, 1.807) is 36.4 Å². The smallest absolute Gasteiger partial charge is 0.268 e. The summed E-state index contributed by atoms with van der Waals surface area (Å²) in [6, 6.07) is 12.6. The number of benzene rings is 2. The number of amides is 1. The van der Waals surface area contributed by atoms with Crippen LogP contribution in [-0.4, -0.2) is 23.5 Å². The van der Waals surface area contributed by atoms with Gasteiger partial charge in [0.1, 0.15) is 5.82 Å². The molecule has 24 heavy (non-hydrogen) atoms. The molecular weight excluding hydrogens is 311 g/mol. The first-order chi connectivity index (χ1) is 11.5. The van der Waals surface area contributed by atoms with Gasteiger partial charge >= 0.3 is 0 Å². The van der Waals surface area contributed by atoms with E-state index in [1.165, 1.54) is 19.1 Å². The molecule has 5 nitrogen and oxygen atoms in total. The Morgan fingerprint density at radius 2 is 1.96 bits per heavy atom. The van der Waals surface area contributed by atoms with E-state index in [0.717, 1.165) is 0 Å². The second-order valence-electron chi connectivity index (χ2n) is 5.47. The fourth-order valence-corrected chi connectivity index (χ4v) is 2.37. The Balaban J connectivity index is 1.62. The molecular formula is C18H15FN2O3. The summed E-state index contributed by atoms with van der Waals surface area (Å²) in [5.41, 5.74) is 2.26. The van der Waals surface area contributed by atoms with Crippen molar-refractivity contribution < 1.29 is 18.8 Å². The molecule has 2 aromatic carbocycles. The van der Waals surface area contributed by atoms with Crippen molar-refractivity contribution in [3.63, 3.8) is 0 Å². The third kappa shape index (κ3) is 3.48. The number of Topliss-reactive ketones (excluding diaryl/α,β-unsaturated/α-hetero) is 1. The normalized spacial score (nSPS) is 16.2. The number of oxime groups is 1. The van der Waals surface area contributed by atoms with Crippen molar-refractivity contribution in [2.24, 2.45) is 5.16 Å². The van der Waals surface area contributed by atoms with Crippen LogP contribution >= 0.6 is 0 Å². The minimum Gasteiger partial charge on any atom is -0.382 e. The highest BCUT2D eigenvalue weighted by Crippen LogP contribution is 2.19. The lowest BCUT2D eigenvalue weighted by atomic mass is 10.0. The van der Waals surface area contributed by atoms with Gasteiger partial charge in [-0.15, -0.1) is 0 Å². The zero-order chi connectivity index (χ0) is 17.1. The van der Waals surface area contributed by atoms with E-state index in [2.05, 4.69) is 10.5 Å². The first kappa shape index (κ1) is 15.9. The van der Waals surface area contributed by atoms with Crippen molar-refractivity contribution in [3.8, 4) is 0 Å². The van der Waals surface area contributed by atoms with Crippen molar-refractivity contribution in [2.45, 2.75) is 19.4 Å². The first-order valence-corrected chi connectivity index (χ1v) is 7.43. The number of ketones is 1. The fraction of sp³-hybridized carbons (Fsp3) is 0.167. The molecule has 3 rings (SSSR count). The molecule has 0 aliphatic carbocycles. The monoisotopic (exact) mass is 326 g/mol. The third-order valence-corrected chi connectivity index (χ3v) is 3.68. The van der Waals surface area contributed by atoms with Gasteiger partial charge in [0.15, 0.2) is 5.78 Å². The molecule has 1 atom stereocenters. The largest absolute Gasteiger partial charge is 0.382 e. The van der Waals surface area contributed by atoms with Gasteiger partial charge in [0.2, 0.25) is 6.10 Å². The zero-order valence-electron chi connectivity index (χ0n) is 13.0. The highest BCUT2D eigenvalue weighted by atomic mass is 19.1. The Hall–Kier alpha value is -3.02. The molecule has 0 fully saturated rings. The average Bonchev–Trinajstić information content (AvgIpc) is 3.05. The van der Waals surface area contributed by atoms with Gasteiger partial charge in [-0.25, -0.2) is 4.39 Å². The van der Waals surface area contributed by atoms with Crippen LogP contribution in [0, 0.1) is 5.82 Å². The molecule has 1 aliphatic heterocycles. The molecule has 0 radical (unpaired) electrons. The van der Waals surface area contributed by atoms with Crippen molar-refractivity contribution in [1.82, 2.24) is 0 Å². The van der Waals surface area contributed by atoms with Crippen LogP contribution in [0.1, 0.15) is 29.3 Å². The van der Waals surface area contributed by atoms with E-state index in [9.17, 15) is 14.0 Å². The van der Waals surface area contributed by atoms with Crippen LogP contribution in [0.3, 0.4) is 0 Å². The molecule has 0 aromatic heterocycles. The van der Waals surface area contributed by atoms with E-state index in [-0.39, 0.29) is 23.9 Å². The predicted molar refractivity (Wildman–Crippen MR) is 87.5 cm³/mol. The van der Waals surface area contributed by atoms with Crippen molar-refractivity contribution in [3.05, 3.63) is 65.5 Å². The lowest BCUT2D eigenvalue weighted by Gasteiger charge is -2.09. The maximum atomic E-state index is 13.3. The van der Waals surface area contributed by atoms with Gasteiger partial charge in [-0.1, -0.05) is 17.3 Å². The van der Waals surface area contributed by atoms with Crippen LogP contribution in [0.2, 0.25) is 0 Å². The molecule has 1 amide bonds. The molecule has 1 aliphatic rings. The van der Waals surface area contributed by atoms with Crippen LogP contribution in [0.5, 0.6) is 0 Å². The maximum absolute atomic E-state index is 13.3. The summed E-state index contributed by atoms with van der Waals surface area (Å²) < 4.78 is 13.3. The molecule has 1 unspecified atom stereocenters. The number of hydrogen-bond donors (Lipinski definition) is 1. The molecule has 0 spiro atoms. The summed E-state index contributed by atoms with van der Waals surface area (Å²) in [6.45, 7) is 1.48. The Morgan fingerprint density at radius 3 is 2.62 bits per heavy atom. The van der Waals surface area contributed by atoms with Gasteiger partial charge in [-0.3, -0.25) is 9.59 Å². The van der Waals surface area contributed by atoms with Crippen LogP contribution < -0.4 is 5.32 Å². The number of nitrogens with zero attached hydrogens (tertiary/aromatic N) is 1. The van der Waals surface area contributed by atoms with Crippen LogP contribution in [0.25, 0.3) is 0 Å². The van der Waals surface area contributed by atoms with Crippen molar-refractivity contribution in [2.75, 3.05) is 5.32 Å². The highest BCUT2D eigenvalue weighted by molar-refractivity contribution is 6.06. The zero-order valence-corrected chi connectivity index (χ0v) is 13.0. The van der Waals surface area contributed by atoms with Gasteiger partial charge in [-0.05, 0) is 43.3 Å². The molecule has 1 heterocycles. The second-order valence-corrected chi connectivity index (χ2v) is 5.47. The number of anilines is 1. The molecule has 6 heteroatoms. The third-order valence-electron chi connectivity index (χ3n) is 3.68. The number of halogens is 1. The summed E-state index contributed by atoms with van der Waals surface area (Å²) in [6.07, 6.45) is -0.503. The lowest BCUT2D eigenvalue weighted by Crippen LogP contribution is -2.28. The van der Waals surface area contributed by atoms with Gasteiger partial charge in [0.25, 0.3) is 5.91 Å². The molecule has 0 saturated heterocycles. The summed E-state index contributed by atoms with van der Waals surface area (Å²) in [5.74, 6) is -0.755. The van der Waals surface area contributed by atoms with Gasteiger partial charge in [-0.2, -0.15) is 0 Å². The topological polar surface area (TPSA) is 67.8 Å². The molecule has 122 valence electrons. The Bertz CT molecular complexity index is 815. The van der Waals surface area contributed by atoms with E-state index >= 15 is 0 Å². The molecule has 0 saturated carbocycles. The van der Waals surface area contributed by atoms with Crippen molar-refractivity contribution >= 4 is 23.1 Å². The van der Waals surface area contributed by atoms with Crippen molar-refractivity contribution in [1.29, 1.82) is 0 Å². The van der Waals surface area contributed by atoms with Gasteiger partial charge in [0.05, 0.1) is 5.71 Å². The highest BCUT2D eigenvalue weighted by Gasteiger charge is 2.29. The number of carbonyl (C=O) groups is 2. The standard InChI is InChI=1S/C18H15FN2O3/c1-11(22)12-5-7-15(8-6-12)20-18(23)17-10-16(21-24-17)13-3-2-4-14(19)9-13/h2-9,17H,10H2,1H3,(H,20,23). The fourth-order valence-electron chi connectivity index (χ4n) is 2.37.